The quantitative estimate of drug-likeness (QED) is 0.686. The molecule has 0 saturated heterocycles. The topological polar surface area (TPSA) is 26.3 Å². The number of hydrogen-bond donors (Lipinski definition) is 0. The lowest BCUT2D eigenvalue weighted by atomic mass is 9.94. The van der Waals surface area contributed by atoms with Crippen LogP contribution in [0.25, 0.3) is 0 Å². The molecule has 1 saturated carbocycles. The highest BCUT2D eigenvalue weighted by Gasteiger charge is 2.51. The van der Waals surface area contributed by atoms with Crippen molar-refractivity contribution < 1.29 is 22.7 Å². The number of carbonyl (C=O) groups excluding carboxylic acids is 1. The van der Waals surface area contributed by atoms with Crippen LogP contribution >= 0.6 is 0 Å². The van der Waals surface area contributed by atoms with Gasteiger partial charge in [-0.1, -0.05) is 13.8 Å². The predicted octanol–water partition coefficient (Wildman–Crippen LogP) is 2.92. The van der Waals surface area contributed by atoms with Gasteiger partial charge in [-0.15, -0.1) is 0 Å². The highest BCUT2D eigenvalue weighted by molar-refractivity contribution is 5.79. The van der Waals surface area contributed by atoms with Gasteiger partial charge in [0.2, 0.25) is 0 Å². The first kappa shape index (κ1) is 12.3. The molecule has 1 aliphatic rings. The summed E-state index contributed by atoms with van der Waals surface area (Å²) in [6.45, 7) is 2.42. The second-order valence-corrected chi connectivity index (χ2v) is 4.57. The fraction of sp³-hybridized carbons (Fsp3) is 0.900. The van der Waals surface area contributed by atoms with Crippen molar-refractivity contribution >= 4 is 5.97 Å². The third-order valence-electron chi connectivity index (χ3n) is 2.45. The Labute approximate surface area is 86.8 Å². The highest BCUT2D eigenvalue weighted by Crippen LogP contribution is 2.51. The number of alkyl halides is 3. The van der Waals surface area contributed by atoms with Crippen LogP contribution in [-0.2, 0) is 9.53 Å². The second-order valence-electron chi connectivity index (χ2n) is 4.57. The van der Waals surface area contributed by atoms with Crippen LogP contribution in [0.4, 0.5) is 13.2 Å². The molecule has 0 unspecified atom stereocenters. The van der Waals surface area contributed by atoms with Gasteiger partial charge in [-0.05, 0) is 25.2 Å². The summed E-state index contributed by atoms with van der Waals surface area (Å²) in [7, 11) is 0. The minimum atomic E-state index is -4.43. The number of esters is 1. The Balaban J connectivity index is 2.40. The summed E-state index contributed by atoms with van der Waals surface area (Å²) in [4.78, 5) is 11.4. The zero-order chi connectivity index (χ0) is 11.7. The van der Waals surface area contributed by atoms with E-state index < -0.39 is 24.2 Å². The average molecular weight is 224 g/mol. The first-order valence-electron chi connectivity index (χ1n) is 4.99. The molecular weight excluding hydrogens is 209 g/mol. The normalized spacial score (nSPS) is 19.1. The maximum atomic E-state index is 11.8. The Morgan fingerprint density at radius 1 is 1.40 bits per heavy atom. The molecule has 0 aromatic heterocycles. The smallest absolute Gasteiger partial charge is 0.422 e. The van der Waals surface area contributed by atoms with Crippen LogP contribution < -0.4 is 0 Å². The first-order valence-corrected chi connectivity index (χ1v) is 4.99. The number of halogens is 3. The second kappa shape index (κ2) is 4.02. The van der Waals surface area contributed by atoms with Crippen molar-refractivity contribution in [1.82, 2.24) is 0 Å². The number of carbonyl (C=O) groups is 1. The molecule has 0 aromatic carbocycles. The Bertz CT molecular complexity index is 242. The zero-order valence-corrected chi connectivity index (χ0v) is 8.86. The molecule has 0 aliphatic heterocycles. The van der Waals surface area contributed by atoms with Crippen molar-refractivity contribution in [3.63, 3.8) is 0 Å². The van der Waals surface area contributed by atoms with Crippen molar-refractivity contribution in [3.8, 4) is 0 Å². The van der Waals surface area contributed by atoms with Crippen molar-refractivity contribution in [1.29, 1.82) is 0 Å². The number of ether oxygens (including phenoxy) is 1. The largest absolute Gasteiger partial charge is 0.456 e. The lowest BCUT2D eigenvalue weighted by molar-refractivity contribution is -0.190. The van der Waals surface area contributed by atoms with E-state index in [1.165, 1.54) is 0 Å². The Kier molecular flexibility index (Phi) is 3.31. The van der Waals surface area contributed by atoms with Crippen molar-refractivity contribution in [2.24, 2.45) is 11.3 Å². The van der Waals surface area contributed by atoms with E-state index in [1.807, 2.05) is 13.8 Å². The molecule has 0 aromatic rings. The molecular formula is C10H15F3O2. The van der Waals surface area contributed by atoms with Crippen molar-refractivity contribution in [3.05, 3.63) is 0 Å². The summed E-state index contributed by atoms with van der Waals surface area (Å²) in [5, 5.41) is 0. The molecule has 88 valence electrons. The molecule has 15 heavy (non-hydrogen) atoms. The van der Waals surface area contributed by atoms with Gasteiger partial charge in [0.05, 0.1) is 5.41 Å². The zero-order valence-electron chi connectivity index (χ0n) is 8.86. The van der Waals surface area contributed by atoms with Crippen LogP contribution in [0.15, 0.2) is 0 Å². The summed E-state index contributed by atoms with van der Waals surface area (Å²) in [6, 6.07) is 0. The molecule has 5 heteroatoms. The Morgan fingerprint density at radius 3 is 2.27 bits per heavy atom. The van der Waals surface area contributed by atoms with Gasteiger partial charge in [0.1, 0.15) is 0 Å². The maximum absolute atomic E-state index is 11.8. The van der Waals surface area contributed by atoms with Crippen LogP contribution in [0.2, 0.25) is 0 Å². The van der Waals surface area contributed by atoms with Crippen LogP contribution in [0.3, 0.4) is 0 Å². The van der Waals surface area contributed by atoms with Crippen LogP contribution in [0, 0.1) is 11.3 Å². The number of rotatable bonds is 4. The van der Waals surface area contributed by atoms with Crippen LogP contribution in [0.1, 0.15) is 33.1 Å². The van der Waals surface area contributed by atoms with E-state index in [9.17, 15) is 18.0 Å². The van der Waals surface area contributed by atoms with Crippen molar-refractivity contribution in [2.45, 2.75) is 39.3 Å². The molecule has 0 amide bonds. The van der Waals surface area contributed by atoms with Gasteiger partial charge in [0.25, 0.3) is 0 Å². The molecule has 2 nitrogen and oxygen atoms in total. The predicted molar refractivity (Wildman–Crippen MR) is 48.1 cm³/mol. The first-order chi connectivity index (χ1) is 6.75. The van der Waals surface area contributed by atoms with E-state index in [0.717, 1.165) is 0 Å². The van der Waals surface area contributed by atoms with E-state index in [-0.39, 0.29) is 0 Å². The van der Waals surface area contributed by atoms with E-state index in [4.69, 9.17) is 0 Å². The summed E-state index contributed by atoms with van der Waals surface area (Å²) in [5.74, 6) is -0.389. The lowest BCUT2D eigenvalue weighted by Gasteiger charge is -2.17. The monoisotopic (exact) mass is 224 g/mol. The molecule has 1 aliphatic carbocycles. The minimum absolute atomic E-state index is 0.297. The molecule has 0 spiro atoms. The summed E-state index contributed by atoms with van der Waals surface area (Å²) in [6.07, 6.45) is -2.50. The van der Waals surface area contributed by atoms with Gasteiger partial charge in [-0.25, -0.2) is 0 Å². The van der Waals surface area contributed by atoms with E-state index in [1.54, 1.807) is 0 Å². The lowest BCUT2D eigenvalue weighted by Crippen LogP contribution is -2.26. The summed E-state index contributed by atoms with van der Waals surface area (Å²) < 4.78 is 39.7. The summed E-state index contributed by atoms with van der Waals surface area (Å²) >= 11 is 0. The van der Waals surface area contributed by atoms with E-state index in [0.29, 0.717) is 25.2 Å². The van der Waals surface area contributed by atoms with Gasteiger partial charge in [-0.2, -0.15) is 13.2 Å². The molecule has 0 atom stereocenters. The van der Waals surface area contributed by atoms with E-state index in [2.05, 4.69) is 4.74 Å². The Hall–Kier alpha value is -0.740. The molecule has 0 N–H and O–H groups in total. The number of hydrogen-bond acceptors (Lipinski definition) is 2. The van der Waals surface area contributed by atoms with Gasteiger partial charge in [0.15, 0.2) is 6.61 Å². The standard InChI is InChI=1S/C10H15F3O2/c1-7(2)5-9(3-4-9)8(14)15-6-10(11,12)13/h7H,3-6H2,1-2H3. The van der Waals surface area contributed by atoms with Crippen LogP contribution in [0.5, 0.6) is 0 Å². The SMILES string of the molecule is CC(C)CC1(C(=O)OCC(F)(F)F)CC1. The maximum Gasteiger partial charge on any atom is 0.422 e. The molecule has 0 bridgehead atoms. The van der Waals surface area contributed by atoms with Crippen LogP contribution in [-0.4, -0.2) is 18.8 Å². The van der Waals surface area contributed by atoms with Gasteiger partial charge >= 0.3 is 12.1 Å². The molecule has 1 rings (SSSR count). The minimum Gasteiger partial charge on any atom is -0.456 e. The average Bonchev–Trinajstić information content (AvgIpc) is 2.79. The third kappa shape index (κ3) is 3.72. The molecule has 0 radical (unpaired) electrons. The third-order valence-corrected chi connectivity index (χ3v) is 2.45. The van der Waals surface area contributed by atoms with Crippen molar-refractivity contribution in [2.75, 3.05) is 6.61 Å². The fourth-order valence-electron chi connectivity index (χ4n) is 1.72. The fourth-order valence-corrected chi connectivity index (χ4v) is 1.72. The van der Waals surface area contributed by atoms with E-state index >= 15 is 0 Å². The molecule has 1 fully saturated rings. The van der Waals surface area contributed by atoms with Gasteiger partial charge in [0, 0.05) is 0 Å². The molecule has 0 heterocycles. The van der Waals surface area contributed by atoms with Gasteiger partial charge < -0.3 is 4.74 Å². The highest BCUT2D eigenvalue weighted by atomic mass is 19.4. The Morgan fingerprint density at radius 2 is 1.93 bits per heavy atom. The summed E-state index contributed by atoms with van der Waals surface area (Å²) in [5.41, 5.74) is -0.612. The van der Waals surface area contributed by atoms with Gasteiger partial charge in [-0.3, -0.25) is 4.79 Å².